The molecule has 0 spiro atoms. The molecule has 6 nitrogen and oxygen atoms in total. The summed E-state index contributed by atoms with van der Waals surface area (Å²) in [6.07, 6.45) is 2.64. The van der Waals surface area contributed by atoms with Crippen LogP contribution in [-0.2, 0) is 4.74 Å². The van der Waals surface area contributed by atoms with E-state index in [0.717, 1.165) is 19.5 Å². The molecule has 0 radical (unpaired) electrons. The van der Waals surface area contributed by atoms with Gasteiger partial charge in [0.2, 0.25) is 5.95 Å². The Kier molecular flexibility index (Phi) is 4.31. The summed E-state index contributed by atoms with van der Waals surface area (Å²) in [5.74, 6) is 0.323. The van der Waals surface area contributed by atoms with Crippen molar-refractivity contribution in [3.63, 3.8) is 0 Å². The molecule has 0 saturated carbocycles. The van der Waals surface area contributed by atoms with Crippen molar-refractivity contribution in [2.75, 3.05) is 31.6 Å². The number of carbonyl (C=O) groups excluding carboxylic acids is 1. The molecule has 104 valence electrons. The fourth-order valence-electron chi connectivity index (χ4n) is 2.19. The number of likely N-dealkylation sites (N-methyl/N-ethyl adjacent to an activating group) is 1. The van der Waals surface area contributed by atoms with Gasteiger partial charge < -0.3 is 15.0 Å². The molecule has 1 unspecified atom stereocenters. The van der Waals surface area contributed by atoms with Gasteiger partial charge in [0.25, 0.3) is 0 Å². The van der Waals surface area contributed by atoms with E-state index >= 15 is 0 Å². The van der Waals surface area contributed by atoms with Crippen LogP contribution in [0.3, 0.4) is 0 Å². The lowest BCUT2D eigenvalue weighted by molar-refractivity contribution is 0.0524. The average molecular weight is 264 g/mol. The van der Waals surface area contributed by atoms with Crippen molar-refractivity contribution < 1.29 is 9.53 Å². The molecule has 0 amide bonds. The van der Waals surface area contributed by atoms with Crippen LogP contribution in [0.5, 0.6) is 0 Å². The molecule has 1 atom stereocenters. The van der Waals surface area contributed by atoms with Crippen molar-refractivity contribution in [2.45, 2.75) is 26.3 Å². The maximum Gasteiger partial charge on any atom is 0.341 e. The Morgan fingerprint density at radius 3 is 3.00 bits per heavy atom. The van der Waals surface area contributed by atoms with Crippen molar-refractivity contribution in [3.05, 3.63) is 17.5 Å². The van der Waals surface area contributed by atoms with Crippen LogP contribution in [0.25, 0.3) is 0 Å². The van der Waals surface area contributed by atoms with E-state index < -0.39 is 0 Å². The summed E-state index contributed by atoms with van der Waals surface area (Å²) >= 11 is 0. The second kappa shape index (κ2) is 5.97. The number of anilines is 1. The monoisotopic (exact) mass is 264 g/mol. The molecule has 1 aromatic heterocycles. The van der Waals surface area contributed by atoms with E-state index in [-0.39, 0.29) is 5.97 Å². The number of rotatable bonds is 4. The van der Waals surface area contributed by atoms with Crippen molar-refractivity contribution in [2.24, 2.45) is 0 Å². The normalized spacial score (nSPS) is 18.7. The molecular weight excluding hydrogens is 244 g/mol. The Hall–Kier alpha value is -1.69. The Labute approximate surface area is 113 Å². The topological polar surface area (TPSA) is 67.3 Å². The molecule has 0 bridgehead atoms. The Morgan fingerprint density at radius 1 is 1.63 bits per heavy atom. The standard InChI is InChI=1S/C13H20N4O2/c1-4-19-12(18)11-7-15-13(16-9(11)2)17-6-5-10(8-17)14-3/h7,10,14H,4-6,8H2,1-3H3. The van der Waals surface area contributed by atoms with Crippen LogP contribution >= 0.6 is 0 Å². The first-order chi connectivity index (χ1) is 9.15. The quantitative estimate of drug-likeness (QED) is 0.810. The summed E-state index contributed by atoms with van der Waals surface area (Å²) in [6.45, 7) is 5.78. The molecule has 19 heavy (non-hydrogen) atoms. The van der Waals surface area contributed by atoms with Gasteiger partial charge in [-0.3, -0.25) is 0 Å². The van der Waals surface area contributed by atoms with Gasteiger partial charge in [-0.1, -0.05) is 0 Å². The molecule has 2 heterocycles. The minimum absolute atomic E-state index is 0.357. The fourth-order valence-corrected chi connectivity index (χ4v) is 2.19. The number of nitrogens with one attached hydrogen (secondary N) is 1. The van der Waals surface area contributed by atoms with Gasteiger partial charge in [-0.05, 0) is 27.3 Å². The summed E-state index contributed by atoms with van der Waals surface area (Å²) in [6, 6.07) is 0.480. The van der Waals surface area contributed by atoms with Gasteiger partial charge >= 0.3 is 5.97 Å². The summed E-state index contributed by atoms with van der Waals surface area (Å²) in [7, 11) is 1.96. The number of aryl methyl sites for hydroxylation is 1. The Morgan fingerprint density at radius 2 is 2.42 bits per heavy atom. The second-order valence-corrected chi connectivity index (χ2v) is 4.61. The predicted octanol–water partition coefficient (Wildman–Crippen LogP) is 0.760. The lowest BCUT2D eigenvalue weighted by Crippen LogP contribution is -2.30. The Balaban J connectivity index is 2.13. The van der Waals surface area contributed by atoms with Crippen molar-refractivity contribution >= 4 is 11.9 Å². The number of nitrogens with zero attached hydrogens (tertiary/aromatic N) is 3. The van der Waals surface area contributed by atoms with Crippen molar-refractivity contribution in [1.82, 2.24) is 15.3 Å². The van der Waals surface area contributed by atoms with Crippen LogP contribution in [0, 0.1) is 6.92 Å². The maximum atomic E-state index is 11.7. The first-order valence-corrected chi connectivity index (χ1v) is 6.58. The van der Waals surface area contributed by atoms with Gasteiger partial charge in [-0.25, -0.2) is 14.8 Å². The second-order valence-electron chi connectivity index (χ2n) is 4.61. The van der Waals surface area contributed by atoms with Crippen LogP contribution in [0.1, 0.15) is 29.4 Å². The average Bonchev–Trinajstić information content (AvgIpc) is 2.87. The third-order valence-corrected chi connectivity index (χ3v) is 3.34. The fraction of sp³-hybridized carbons (Fsp3) is 0.615. The third kappa shape index (κ3) is 3.01. The summed E-state index contributed by atoms with van der Waals surface area (Å²) < 4.78 is 4.97. The van der Waals surface area contributed by atoms with Gasteiger partial charge in [-0.15, -0.1) is 0 Å². The molecule has 1 aromatic rings. The summed E-state index contributed by atoms with van der Waals surface area (Å²) in [4.78, 5) is 22.5. The van der Waals surface area contributed by atoms with Crippen LogP contribution in [-0.4, -0.2) is 48.7 Å². The van der Waals surface area contributed by atoms with Crippen molar-refractivity contribution in [1.29, 1.82) is 0 Å². The molecule has 1 N–H and O–H groups in total. The van der Waals surface area contributed by atoms with E-state index in [1.54, 1.807) is 13.1 Å². The molecular formula is C13H20N4O2. The van der Waals surface area contributed by atoms with Crippen LogP contribution < -0.4 is 10.2 Å². The first-order valence-electron chi connectivity index (χ1n) is 6.58. The molecule has 0 aromatic carbocycles. The number of hydrogen-bond acceptors (Lipinski definition) is 6. The third-order valence-electron chi connectivity index (χ3n) is 3.34. The zero-order chi connectivity index (χ0) is 13.8. The van der Waals surface area contributed by atoms with E-state index in [0.29, 0.717) is 29.9 Å². The van der Waals surface area contributed by atoms with Crippen LogP contribution in [0.4, 0.5) is 5.95 Å². The van der Waals surface area contributed by atoms with Gasteiger partial charge in [-0.2, -0.15) is 0 Å². The van der Waals surface area contributed by atoms with Gasteiger partial charge in [0.15, 0.2) is 0 Å². The highest BCUT2D eigenvalue weighted by Gasteiger charge is 2.24. The molecule has 0 aliphatic carbocycles. The number of carbonyl (C=O) groups is 1. The number of hydrogen-bond donors (Lipinski definition) is 1. The largest absolute Gasteiger partial charge is 0.462 e. The van der Waals surface area contributed by atoms with E-state index in [2.05, 4.69) is 20.2 Å². The zero-order valence-corrected chi connectivity index (χ0v) is 11.6. The minimum atomic E-state index is -0.360. The van der Waals surface area contributed by atoms with Crippen LogP contribution in [0.15, 0.2) is 6.20 Å². The minimum Gasteiger partial charge on any atom is -0.462 e. The maximum absolute atomic E-state index is 11.7. The highest BCUT2D eigenvalue weighted by molar-refractivity contribution is 5.90. The number of ether oxygens (including phenoxy) is 1. The van der Waals surface area contributed by atoms with E-state index in [4.69, 9.17) is 4.74 Å². The lowest BCUT2D eigenvalue weighted by atomic mass is 10.2. The van der Waals surface area contributed by atoms with Crippen molar-refractivity contribution in [3.8, 4) is 0 Å². The molecule has 6 heteroatoms. The van der Waals surface area contributed by atoms with Crippen LogP contribution in [0.2, 0.25) is 0 Å². The first kappa shape index (κ1) is 13.7. The highest BCUT2D eigenvalue weighted by Crippen LogP contribution is 2.17. The zero-order valence-electron chi connectivity index (χ0n) is 11.6. The lowest BCUT2D eigenvalue weighted by Gasteiger charge is -2.17. The van der Waals surface area contributed by atoms with E-state index in [1.165, 1.54) is 0 Å². The predicted molar refractivity (Wildman–Crippen MR) is 72.4 cm³/mol. The highest BCUT2D eigenvalue weighted by atomic mass is 16.5. The van der Waals surface area contributed by atoms with E-state index in [1.807, 2.05) is 14.0 Å². The molecule has 1 fully saturated rings. The number of esters is 1. The molecule has 1 aliphatic heterocycles. The molecule has 2 rings (SSSR count). The molecule has 1 saturated heterocycles. The van der Waals surface area contributed by atoms with Gasteiger partial charge in [0.1, 0.15) is 0 Å². The van der Waals surface area contributed by atoms with E-state index in [9.17, 15) is 4.79 Å². The smallest absolute Gasteiger partial charge is 0.341 e. The van der Waals surface area contributed by atoms with Gasteiger partial charge in [0.05, 0.1) is 17.9 Å². The molecule has 1 aliphatic rings. The SMILES string of the molecule is CCOC(=O)c1cnc(N2CCC(NC)C2)nc1C. The van der Waals surface area contributed by atoms with Gasteiger partial charge in [0, 0.05) is 25.3 Å². The number of aromatic nitrogens is 2. The summed E-state index contributed by atoms with van der Waals surface area (Å²) in [5.41, 5.74) is 1.10. The Bertz CT molecular complexity index is 464. The summed E-state index contributed by atoms with van der Waals surface area (Å²) in [5, 5.41) is 3.25.